The van der Waals surface area contributed by atoms with Crippen LogP contribution in [0.15, 0.2) is 59.8 Å². The van der Waals surface area contributed by atoms with Gasteiger partial charge in [-0.25, -0.2) is 0 Å². The summed E-state index contributed by atoms with van der Waals surface area (Å²) in [5, 5.41) is 15.4. The van der Waals surface area contributed by atoms with Gasteiger partial charge in [-0.15, -0.1) is 0 Å². The average molecular weight is 417 g/mol. The van der Waals surface area contributed by atoms with Gasteiger partial charge in [0.05, 0.1) is 24.5 Å². The van der Waals surface area contributed by atoms with E-state index in [2.05, 4.69) is 10.1 Å². The molecule has 0 saturated carbocycles. The fraction of sp³-hybridized carbons (Fsp3) is 0.435. The summed E-state index contributed by atoms with van der Waals surface area (Å²) in [6.07, 6.45) is 0.204. The molecule has 0 spiro atoms. The molecule has 1 aliphatic rings. The van der Waals surface area contributed by atoms with Gasteiger partial charge in [-0.2, -0.15) is 0 Å². The van der Waals surface area contributed by atoms with Crippen molar-refractivity contribution in [1.82, 2.24) is 4.90 Å². The monoisotopic (exact) mass is 416 g/mol. The molecule has 2 unspecified atom stereocenters. The molecule has 1 N–H and O–H groups in total. The Morgan fingerprint density at radius 3 is 2.72 bits per heavy atom. The highest BCUT2D eigenvalue weighted by Gasteiger charge is 2.25. The van der Waals surface area contributed by atoms with Crippen molar-refractivity contribution < 1.29 is 14.7 Å². The van der Waals surface area contributed by atoms with Crippen molar-refractivity contribution in [3.63, 3.8) is 0 Å². The van der Waals surface area contributed by atoms with Crippen LogP contribution in [0.4, 0.5) is 0 Å². The molecule has 0 radical (unpaired) electrons. The van der Waals surface area contributed by atoms with Crippen LogP contribution in [0.25, 0.3) is 0 Å². The highest BCUT2D eigenvalue weighted by Crippen LogP contribution is 2.19. The Balaban J connectivity index is 1.61. The van der Waals surface area contributed by atoms with Crippen LogP contribution in [0.1, 0.15) is 31.4 Å². The minimum absolute atomic E-state index is 0.0531. The maximum Gasteiger partial charge on any atom is 0.145 e. The number of ether oxygens (including phenoxy) is 1. The van der Waals surface area contributed by atoms with Crippen LogP contribution in [0.3, 0.4) is 0 Å². The third-order valence-electron chi connectivity index (χ3n) is 4.69. The fourth-order valence-corrected chi connectivity index (χ4v) is 3.58. The second kappa shape index (κ2) is 10.7. The molecule has 0 saturated heterocycles. The van der Waals surface area contributed by atoms with Crippen molar-refractivity contribution in [3.05, 3.63) is 70.7 Å². The Kier molecular flexibility index (Phi) is 8.07. The smallest absolute Gasteiger partial charge is 0.145 e. The summed E-state index contributed by atoms with van der Waals surface area (Å²) in [6, 6.07) is 17.9. The normalized spacial score (nSPS) is 17.4. The lowest BCUT2D eigenvalue weighted by Crippen LogP contribution is -2.39. The van der Waals surface area contributed by atoms with Crippen LogP contribution in [0.2, 0.25) is 5.02 Å². The molecule has 156 valence electrons. The molecule has 0 amide bonds. The summed E-state index contributed by atoms with van der Waals surface area (Å²) in [5.41, 5.74) is 3.14. The summed E-state index contributed by atoms with van der Waals surface area (Å²) >= 11 is 6.14. The Morgan fingerprint density at radius 2 is 2.00 bits per heavy atom. The van der Waals surface area contributed by atoms with Crippen molar-refractivity contribution in [2.45, 2.75) is 45.1 Å². The Morgan fingerprint density at radius 1 is 1.21 bits per heavy atom. The van der Waals surface area contributed by atoms with Gasteiger partial charge in [0.15, 0.2) is 0 Å². The van der Waals surface area contributed by atoms with Crippen molar-refractivity contribution >= 4 is 17.3 Å². The zero-order valence-corrected chi connectivity index (χ0v) is 17.8. The van der Waals surface area contributed by atoms with Crippen LogP contribution in [-0.4, -0.2) is 53.7 Å². The number of aliphatic hydroxyl groups excluding tert-OH is 1. The molecular formula is C23H29ClN2O3. The predicted molar refractivity (Wildman–Crippen MR) is 116 cm³/mol. The van der Waals surface area contributed by atoms with Gasteiger partial charge in [0.2, 0.25) is 0 Å². The molecule has 0 bridgehead atoms. The van der Waals surface area contributed by atoms with E-state index in [-0.39, 0.29) is 12.2 Å². The van der Waals surface area contributed by atoms with E-state index < -0.39 is 6.10 Å². The van der Waals surface area contributed by atoms with E-state index in [1.807, 2.05) is 68.4 Å². The molecule has 3 rings (SSSR count). The van der Waals surface area contributed by atoms with E-state index >= 15 is 0 Å². The average Bonchev–Trinajstić information content (AvgIpc) is 3.15. The first-order valence-corrected chi connectivity index (χ1v) is 10.4. The maximum absolute atomic E-state index is 10.4. The molecule has 29 heavy (non-hydrogen) atoms. The van der Waals surface area contributed by atoms with E-state index in [1.165, 1.54) is 0 Å². The lowest BCUT2D eigenvalue weighted by Gasteiger charge is -2.27. The zero-order valence-electron chi connectivity index (χ0n) is 17.0. The number of hydrogen-bond donors (Lipinski definition) is 1. The third-order valence-corrected chi connectivity index (χ3v) is 4.92. The van der Waals surface area contributed by atoms with E-state index in [0.717, 1.165) is 23.3 Å². The largest absolute Gasteiger partial charge is 0.390 e. The van der Waals surface area contributed by atoms with Crippen molar-refractivity contribution in [1.29, 1.82) is 0 Å². The number of oxime groups is 1. The highest BCUT2D eigenvalue weighted by molar-refractivity contribution is 6.30. The van der Waals surface area contributed by atoms with Crippen molar-refractivity contribution in [3.8, 4) is 0 Å². The van der Waals surface area contributed by atoms with Gasteiger partial charge in [-0.3, -0.25) is 4.90 Å². The molecule has 2 atom stereocenters. The Labute approximate surface area is 177 Å². The summed E-state index contributed by atoms with van der Waals surface area (Å²) in [4.78, 5) is 7.87. The first-order chi connectivity index (χ1) is 14.0. The molecule has 1 heterocycles. The number of halogens is 1. The molecule has 0 fully saturated rings. The van der Waals surface area contributed by atoms with Crippen LogP contribution in [0, 0.1) is 0 Å². The Bertz CT molecular complexity index is 798. The molecular weight excluding hydrogens is 388 g/mol. The topological polar surface area (TPSA) is 54.3 Å². The molecule has 6 heteroatoms. The van der Waals surface area contributed by atoms with Gasteiger partial charge in [0.25, 0.3) is 0 Å². The van der Waals surface area contributed by atoms with Crippen LogP contribution >= 0.6 is 11.6 Å². The second-order valence-corrected chi connectivity index (χ2v) is 8.13. The quantitative estimate of drug-likeness (QED) is 0.633. The maximum atomic E-state index is 10.4. The lowest BCUT2D eigenvalue weighted by molar-refractivity contribution is -0.0194. The number of hydrogen-bond acceptors (Lipinski definition) is 5. The molecule has 2 aromatic rings. The van der Waals surface area contributed by atoms with E-state index in [1.54, 1.807) is 0 Å². The van der Waals surface area contributed by atoms with Crippen LogP contribution in [0.5, 0.6) is 0 Å². The summed E-state index contributed by atoms with van der Waals surface area (Å²) in [5.74, 6) is 0. The van der Waals surface area contributed by atoms with E-state index in [0.29, 0.717) is 31.3 Å². The van der Waals surface area contributed by atoms with Crippen LogP contribution in [-0.2, 0) is 16.1 Å². The summed E-state index contributed by atoms with van der Waals surface area (Å²) < 4.78 is 5.57. The third kappa shape index (κ3) is 7.12. The number of aliphatic hydroxyl groups is 1. The van der Waals surface area contributed by atoms with Gasteiger partial charge in [0, 0.05) is 31.1 Å². The first-order valence-electron chi connectivity index (χ1n) is 10.0. The molecule has 1 aliphatic heterocycles. The van der Waals surface area contributed by atoms with Gasteiger partial charge >= 0.3 is 0 Å². The van der Waals surface area contributed by atoms with Gasteiger partial charge < -0.3 is 14.7 Å². The van der Waals surface area contributed by atoms with Gasteiger partial charge in [0.1, 0.15) is 6.10 Å². The number of nitrogens with zero attached hydrogens (tertiary/aromatic N) is 2. The number of benzene rings is 2. The lowest BCUT2D eigenvalue weighted by atomic mass is 10.0. The number of rotatable bonds is 10. The molecule has 5 nitrogen and oxygen atoms in total. The highest BCUT2D eigenvalue weighted by atomic mass is 35.5. The van der Waals surface area contributed by atoms with Crippen molar-refractivity contribution in [2.75, 3.05) is 19.7 Å². The first kappa shape index (κ1) is 21.8. The SMILES string of the molecule is CC(C)OCC(O)CN(Cc1cccc(Cl)c1)CC1CC(c2ccccc2)=NO1. The minimum atomic E-state index is -0.576. The summed E-state index contributed by atoms with van der Waals surface area (Å²) in [6.45, 7) is 6.04. The summed E-state index contributed by atoms with van der Waals surface area (Å²) in [7, 11) is 0. The predicted octanol–water partition coefficient (Wildman–Crippen LogP) is 4.12. The van der Waals surface area contributed by atoms with E-state index in [9.17, 15) is 5.11 Å². The fourth-order valence-electron chi connectivity index (χ4n) is 3.37. The Hall–Kier alpha value is -1.92. The minimum Gasteiger partial charge on any atom is -0.390 e. The molecule has 0 aliphatic carbocycles. The van der Waals surface area contributed by atoms with Crippen LogP contribution < -0.4 is 0 Å². The second-order valence-electron chi connectivity index (χ2n) is 7.70. The van der Waals surface area contributed by atoms with Gasteiger partial charge in [-0.1, -0.05) is 59.2 Å². The molecule has 2 aromatic carbocycles. The van der Waals surface area contributed by atoms with E-state index in [4.69, 9.17) is 21.2 Å². The van der Waals surface area contributed by atoms with Crippen molar-refractivity contribution in [2.24, 2.45) is 5.16 Å². The molecule has 0 aromatic heterocycles. The zero-order chi connectivity index (χ0) is 20.6. The standard InChI is InChI=1S/C23H29ClN2O3/c1-17(2)28-16-21(27)14-26(13-18-7-6-10-20(24)11-18)15-22-12-23(25-29-22)19-8-4-3-5-9-19/h3-11,17,21-22,27H,12-16H2,1-2H3. The van der Waals surface area contributed by atoms with Gasteiger partial charge in [-0.05, 0) is 37.1 Å².